The van der Waals surface area contributed by atoms with Crippen LogP contribution in [0.15, 0.2) is 30.6 Å². The number of ether oxygens (including phenoxy) is 2. The Kier molecular flexibility index (Phi) is 3.73. The van der Waals surface area contributed by atoms with Gasteiger partial charge in [0.05, 0.1) is 18.0 Å². The molecule has 1 N–H and O–H groups in total. The third kappa shape index (κ3) is 2.63. The van der Waals surface area contributed by atoms with Gasteiger partial charge in [-0.1, -0.05) is 6.07 Å². The molecule has 0 aliphatic carbocycles. The normalized spacial score (nSPS) is 10.8. The Morgan fingerprint density at radius 1 is 1.09 bits per heavy atom. The van der Waals surface area contributed by atoms with Crippen LogP contribution in [0.1, 0.15) is 11.1 Å². The Morgan fingerprint density at radius 3 is 2.61 bits per heavy atom. The van der Waals surface area contributed by atoms with Crippen molar-refractivity contribution in [1.82, 2.24) is 9.97 Å². The van der Waals surface area contributed by atoms with Gasteiger partial charge in [-0.2, -0.15) is 0 Å². The zero-order valence-corrected chi connectivity index (χ0v) is 12.9. The van der Waals surface area contributed by atoms with Gasteiger partial charge in [-0.05, 0) is 37.1 Å². The van der Waals surface area contributed by atoms with E-state index in [1.54, 1.807) is 25.1 Å². The van der Waals surface area contributed by atoms with Crippen LogP contribution in [0, 0.1) is 19.7 Å². The van der Waals surface area contributed by atoms with E-state index in [0.29, 0.717) is 16.5 Å². The third-order valence-corrected chi connectivity index (χ3v) is 3.73. The second-order valence-electron chi connectivity index (χ2n) is 5.14. The van der Waals surface area contributed by atoms with E-state index < -0.39 is 5.82 Å². The van der Waals surface area contributed by atoms with Crippen molar-refractivity contribution in [2.24, 2.45) is 0 Å². The van der Waals surface area contributed by atoms with Crippen LogP contribution < -0.4 is 9.47 Å². The topological polar surface area (TPSA) is 64.5 Å². The number of phenolic OH excluding ortho intramolecular Hbond substituents is 1. The first-order valence-electron chi connectivity index (χ1n) is 6.96. The molecule has 6 heteroatoms. The number of aromatic hydroxyl groups is 1. The van der Waals surface area contributed by atoms with Crippen LogP contribution in [0.2, 0.25) is 0 Å². The van der Waals surface area contributed by atoms with Gasteiger partial charge < -0.3 is 14.6 Å². The zero-order chi connectivity index (χ0) is 16.6. The highest BCUT2D eigenvalue weighted by Crippen LogP contribution is 2.36. The number of hydrogen-bond acceptors (Lipinski definition) is 5. The maximum atomic E-state index is 14.3. The maximum absolute atomic E-state index is 14.3. The molecule has 2 aromatic carbocycles. The average Bonchev–Trinajstić information content (AvgIpc) is 2.55. The number of rotatable bonds is 3. The summed E-state index contributed by atoms with van der Waals surface area (Å²) in [5, 5.41) is 10.3. The molecule has 0 aliphatic heterocycles. The number of nitrogens with zero attached hydrogens (tertiary/aromatic N) is 2. The van der Waals surface area contributed by atoms with Crippen molar-refractivity contribution in [1.29, 1.82) is 0 Å². The number of phenols is 1. The summed E-state index contributed by atoms with van der Waals surface area (Å²) in [6.07, 6.45) is 1.29. The average molecular weight is 314 g/mol. The zero-order valence-electron chi connectivity index (χ0n) is 12.9. The first-order valence-corrected chi connectivity index (χ1v) is 6.96. The largest absolute Gasteiger partial charge is 0.504 e. The van der Waals surface area contributed by atoms with Crippen molar-refractivity contribution in [2.45, 2.75) is 13.8 Å². The van der Waals surface area contributed by atoms with Crippen LogP contribution in [-0.2, 0) is 0 Å². The van der Waals surface area contributed by atoms with Crippen LogP contribution >= 0.6 is 0 Å². The fourth-order valence-electron chi connectivity index (χ4n) is 2.23. The molecule has 1 aromatic heterocycles. The molecule has 0 saturated carbocycles. The third-order valence-electron chi connectivity index (χ3n) is 3.73. The van der Waals surface area contributed by atoms with Gasteiger partial charge in [-0.3, -0.25) is 0 Å². The van der Waals surface area contributed by atoms with Crippen LogP contribution in [-0.4, -0.2) is 22.2 Å². The summed E-state index contributed by atoms with van der Waals surface area (Å²) < 4.78 is 25.0. The van der Waals surface area contributed by atoms with Gasteiger partial charge in [-0.25, -0.2) is 14.4 Å². The van der Waals surface area contributed by atoms with E-state index in [9.17, 15) is 9.50 Å². The minimum atomic E-state index is -0.428. The summed E-state index contributed by atoms with van der Waals surface area (Å²) in [4.78, 5) is 8.14. The predicted octanol–water partition coefficient (Wildman–Crippen LogP) is 3.89. The molecule has 0 saturated heterocycles. The van der Waals surface area contributed by atoms with Gasteiger partial charge >= 0.3 is 0 Å². The van der Waals surface area contributed by atoms with E-state index in [1.165, 1.54) is 19.5 Å². The van der Waals surface area contributed by atoms with Crippen LogP contribution in [0.4, 0.5) is 4.39 Å². The number of benzene rings is 2. The number of aryl methyl sites for hydroxylation is 1. The highest BCUT2D eigenvalue weighted by molar-refractivity contribution is 5.86. The van der Waals surface area contributed by atoms with Crippen molar-refractivity contribution in [3.63, 3.8) is 0 Å². The highest BCUT2D eigenvalue weighted by atomic mass is 19.1. The van der Waals surface area contributed by atoms with Crippen LogP contribution in [0.25, 0.3) is 10.9 Å². The smallest absolute Gasteiger partial charge is 0.230 e. The van der Waals surface area contributed by atoms with Gasteiger partial charge in [-0.15, -0.1) is 0 Å². The minimum absolute atomic E-state index is 0.0398. The molecule has 5 nitrogen and oxygen atoms in total. The fourth-order valence-corrected chi connectivity index (χ4v) is 2.23. The Balaban J connectivity index is 2.12. The number of methoxy groups -OCH3 is 1. The van der Waals surface area contributed by atoms with Gasteiger partial charge in [0, 0.05) is 6.07 Å². The van der Waals surface area contributed by atoms with Crippen molar-refractivity contribution in [3.8, 4) is 23.1 Å². The molecule has 0 aliphatic rings. The molecule has 0 unspecified atom stereocenters. The summed E-state index contributed by atoms with van der Waals surface area (Å²) in [5.74, 6) is 0.0674. The Morgan fingerprint density at radius 2 is 1.87 bits per heavy atom. The lowest BCUT2D eigenvalue weighted by Gasteiger charge is -2.11. The number of halogens is 1. The van der Waals surface area contributed by atoms with Crippen LogP contribution in [0.3, 0.4) is 0 Å². The minimum Gasteiger partial charge on any atom is -0.504 e. The van der Waals surface area contributed by atoms with E-state index in [1.807, 2.05) is 6.92 Å². The molecule has 23 heavy (non-hydrogen) atoms. The van der Waals surface area contributed by atoms with Crippen molar-refractivity contribution < 1.29 is 19.0 Å². The van der Waals surface area contributed by atoms with E-state index in [2.05, 4.69) is 9.97 Å². The van der Waals surface area contributed by atoms with Crippen molar-refractivity contribution in [3.05, 3.63) is 47.5 Å². The lowest BCUT2D eigenvalue weighted by atomic mass is 10.1. The van der Waals surface area contributed by atoms with Gasteiger partial charge in [0.1, 0.15) is 6.33 Å². The number of fused-ring (bicyclic) bond motifs is 1. The maximum Gasteiger partial charge on any atom is 0.230 e. The lowest BCUT2D eigenvalue weighted by Crippen LogP contribution is -1.97. The molecule has 3 aromatic rings. The lowest BCUT2D eigenvalue weighted by molar-refractivity contribution is 0.374. The predicted molar refractivity (Wildman–Crippen MR) is 83.7 cm³/mol. The summed E-state index contributed by atoms with van der Waals surface area (Å²) >= 11 is 0. The SMILES string of the molecule is COc1cc2c(Oc3ccc(C)c(C)c3F)ncnc2cc1O. The summed E-state index contributed by atoms with van der Waals surface area (Å²) in [6.45, 7) is 3.52. The highest BCUT2D eigenvalue weighted by Gasteiger charge is 2.14. The van der Waals surface area contributed by atoms with Gasteiger partial charge in [0.15, 0.2) is 23.1 Å². The molecule has 0 spiro atoms. The molecule has 0 radical (unpaired) electrons. The van der Waals surface area contributed by atoms with E-state index in [4.69, 9.17) is 9.47 Å². The van der Waals surface area contributed by atoms with Crippen LogP contribution in [0.5, 0.6) is 23.1 Å². The molecule has 1 heterocycles. The second-order valence-corrected chi connectivity index (χ2v) is 5.14. The molecular weight excluding hydrogens is 299 g/mol. The van der Waals surface area contributed by atoms with Gasteiger partial charge in [0.2, 0.25) is 5.88 Å². The summed E-state index contributed by atoms with van der Waals surface area (Å²) in [5.41, 5.74) is 1.84. The van der Waals surface area contributed by atoms with Crippen molar-refractivity contribution >= 4 is 10.9 Å². The molecule has 3 rings (SSSR count). The first-order chi connectivity index (χ1) is 11.0. The standard InChI is InChI=1S/C17H15FN2O3/c1-9-4-5-14(16(18)10(9)2)23-17-11-6-15(22-3)13(21)7-12(11)19-8-20-17/h4-8,21H,1-3H3. The molecule has 0 fully saturated rings. The molecule has 0 amide bonds. The monoisotopic (exact) mass is 314 g/mol. The Bertz CT molecular complexity index is 897. The number of aromatic nitrogens is 2. The molecular formula is C17H15FN2O3. The fraction of sp³-hybridized carbons (Fsp3) is 0.176. The Hall–Kier alpha value is -2.89. The Labute approximate surface area is 132 Å². The molecule has 118 valence electrons. The molecule has 0 atom stereocenters. The second kappa shape index (κ2) is 5.72. The van der Waals surface area contributed by atoms with E-state index in [0.717, 1.165) is 5.56 Å². The first kappa shape index (κ1) is 15.0. The number of hydrogen-bond donors (Lipinski definition) is 1. The summed E-state index contributed by atoms with van der Waals surface area (Å²) in [7, 11) is 1.44. The van der Waals surface area contributed by atoms with E-state index in [-0.39, 0.29) is 23.1 Å². The van der Waals surface area contributed by atoms with E-state index >= 15 is 0 Å². The summed E-state index contributed by atoms with van der Waals surface area (Å²) in [6, 6.07) is 6.34. The molecule has 0 bridgehead atoms. The quantitative estimate of drug-likeness (QED) is 0.794. The van der Waals surface area contributed by atoms with Crippen molar-refractivity contribution in [2.75, 3.05) is 7.11 Å². The van der Waals surface area contributed by atoms with Gasteiger partial charge in [0.25, 0.3) is 0 Å².